The van der Waals surface area contributed by atoms with Gasteiger partial charge in [0.25, 0.3) is 0 Å². The van der Waals surface area contributed by atoms with Crippen molar-refractivity contribution in [1.82, 2.24) is 0 Å². The summed E-state index contributed by atoms with van der Waals surface area (Å²) < 4.78 is 0. The third-order valence-electron chi connectivity index (χ3n) is 3.54. The van der Waals surface area contributed by atoms with Crippen molar-refractivity contribution >= 4 is 7.28 Å². The lowest BCUT2D eigenvalue weighted by Crippen LogP contribution is -2.05. The molecule has 0 aliphatic carbocycles. The van der Waals surface area contributed by atoms with Crippen LogP contribution in [-0.4, -0.2) is 7.28 Å². The molecule has 0 saturated carbocycles. The number of hydrogen-bond donors (Lipinski definition) is 1. The molecule has 1 radical (unpaired) electrons. The minimum atomic E-state index is 0.537. The molecule has 1 heterocycles. The SMILES string of the molecule is C=C/C(=C\C=C(\N)C=C)C1[B]CCCCCCC1. The highest BCUT2D eigenvalue weighted by Crippen LogP contribution is 2.28. The van der Waals surface area contributed by atoms with Crippen molar-refractivity contribution in [2.45, 2.75) is 50.7 Å². The normalized spacial score (nSPS) is 23.2. The molecule has 0 aromatic carbocycles. The second-order valence-corrected chi connectivity index (χ2v) is 4.93. The van der Waals surface area contributed by atoms with E-state index in [1.54, 1.807) is 6.08 Å². The summed E-state index contributed by atoms with van der Waals surface area (Å²) in [6, 6.07) is 0. The summed E-state index contributed by atoms with van der Waals surface area (Å²) in [5.74, 6) is 0.537. The van der Waals surface area contributed by atoms with Crippen molar-refractivity contribution in [2.24, 2.45) is 5.73 Å². The molecule has 0 aromatic rings. The summed E-state index contributed by atoms with van der Waals surface area (Å²) in [5.41, 5.74) is 7.73. The van der Waals surface area contributed by atoms with Crippen LogP contribution < -0.4 is 5.73 Å². The van der Waals surface area contributed by atoms with E-state index in [4.69, 9.17) is 5.73 Å². The van der Waals surface area contributed by atoms with E-state index in [2.05, 4.69) is 26.5 Å². The molecule has 0 bridgehead atoms. The summed E-state index contributed by atoms with van der Waals surface area (Å²) in [6.45, 7) is 7.59. The predicted molar refractivity (Wildman–Crippen MR) is 82.8 cm³/mol. The fourth-order valence-corrected chi connectivity index (χ4v) is 2.38. The molecular weight excluding hydrogens is 217 g/mol. The highest BCUT2D eigenvalue weighted by Gasteiger charge is 2.13. The molecule has 1 fully saturated rings. The maximum Gasteiger partial charge on any atom is 0.119 e. The minimum Gasteiger partial charge on any atom is -0.399 e. The Morgan fingerprint density at radius 1 is 1.00 bits per heavy atom. The van der Waals surface area contributed by atoms with Crippen molar-refractivity contribution in [3.8, 4) is 0 Å². The second kappa shape index (κ2) is 8.85. The van der Waals surface area contributed by atoms with Gasteiger partial charge in [0.05, 0.1) is 0 Å². The van der Waals surface area contributed by atoms with E-state index in [9.17, 15) is 0 Å². The molecule has 2 heteroatoms. The topological polar surface area (TPSA) is 26.0 Å². The molecule has 0 spiro atoms. The first kappa shape index (κ1) is 14.9. The van der Waals surface area contributed by atoms with Gasteiger partial charge in [-0.1, -0.05) is 75.7 Å². The van der Waals surface area contributed by atoms with Gasteiger partial charge in [0, 0.05) is 5.70 Å². The molecule has 1 atom stereocenters. The van der Waals surface area contributed by atoms with E-state index in [1.165, 1.54) is 50.4 Å². The Labute approximate surface area is 113 Å². The Balaban J connectivity index is 2.71. The lowest BCUT2D eigenvalue weighted by Gasteiger charge is -2.16. The Morgan fingerprint density at radius 2 is 1.72 bits per heavy atom. The molecule has 18 heavy (non-hydrogen) atoms. The number of allylic oxidation sites excluding steroid dienone is 5. The first-order valence-electron chi connectivity index (χ1n) is 7.03. The van der Waals surface area contributed by atoms with Crippen LogP contribution in [0.4, 0.5) is 0 Å². The van der Waals surface area contributed by atoms with Crippen LogP contribution in [0.2, 0.25) is 12.1 Å². The van der Waals surface area contributed by atoms with Gasteiger partial charge in [-0.25, -0.2) is 0 Å². The average Bonchev–Trinajstić information content (AvgIpc) is 2.53. The first-order chi connectivity index (χ1) is 8.77. The fraction of sp³-hybridized carbons (Fsp3) is 0.500. The zero-order valence-electron chi connectivity index (χ0n) is 11.4. The Bertz CT molecular complexity index is 318. The maximum absolute atomic E-state index is 5.74. The van der Waals surface area contributed by atoms with E-state index >= 15 is 0 Å². The Morgan fingerprint density at radius 3 is 2.44 bits per heavy atom. The van der Waals surface area contributed by atoms with Crippen LogP contribution in [-0.2, 0) is 0 Å². The Kier molecular flexibility index (Phi) is 7.32. The van der Waals surface area contributed by atoms with Crippen molar-refractivity contribution in [2.75, 3.05) is 0 Å². The van der Waals surface area contributed by atoms with Crippen LogP contribution in [0.15, 0.2) is 48.7 Å². The summed E-state index contributed by atoms with van der Waals surface area (Å²) in [5, 5.41) is 0. The largest absolute Gasteiger partial charge is 0.399 e. The smallest absolute Gasteiger partial charge is 0.119 e. The van der Waals surface area contributed by atoms with E-state index in [0.29, 0.717) is 11.5 Å². The van der Waals surface area contributed by atoms with Crippen LogP contribution in [0, 0.1) is 0 Å². The van der Waals surface area contributed by atoms with Crippen LogP contribution >= 0.6 is 0 Å². The van der Waals surface area contributed by atoms with Gasteiger partial charge in [0.2, 0.25) is 0 Å². The van der Waals surface area contributed by atoms with Crippen LogP contribution in [0.5, 0.6) is 0 Å². The van der Waals surface area contributed by atoms with Gasteiger partial charge in [-0.05, 0) is 18.0 Å². The monoisotopic (exact) mass is 242 g/mol. The fourth-order valence-electron chi connectivity index (χ4n) is 2.38. The highest BCUT2D eigenvalue weighted by molar-refractivity contribution is 6.38. The quantitative estimate of drug-likeness (QED) is 0.574. The summed E-state index contributed by atoms with van der Waals surface area (Å²) in [7, 11) is 2.46. The molecule has 0 aromatic heterocycles. The van der Waals surface area contributed by atoms with Crippen LogP contribution in [0.1, 0.15) is 38.5 Å². The molecule has 1 saturated heterocycles. The third kappa shape index (κ3) is 5.44. The second-order valence-electron chi connectivity index (χ2n) is 4.93. The molecule has 1 aliphatic heterocycles. The highest BCUT2D eigenvalue weighted by atomic mass is 14.5. The lowest BCUT2D eigenvalue weighted by atomic mass is 9.57. The number of nitrogens with two attached hydrogens (primary N) is 1. The number of hydrogen-bond acceptors (Lipinski definition) is 1. The lowest BCUT2D eigenvalue weighted by molar-refractivity contribution is 0.619. The zero-order valence-corrected chi connectivity index (χ0v) is 11.4. The standard InChI is InChI=1S/C16H25BN/c1-3-14(11-12-15(18)4-2)16-10-8-6-5-7-9-13-17-16/h3-4,11-12,16H,1-2,5-10,13,18H2/b14-11+,15-12+. The first-order valence-corrected chi connectivity index (χ1v) is 7.03. The van der Waals surface area contributed by atoms with Gasteiger partial charge in [-0.15, -0.1) is 0 Å². The Hall–Kier alpha value is -1.18. The van der Waals surface area contributed by atoms with E-state index < -0.39 is 0 Å². The van der Waals surface area contributed by atoms with Crippen LogP contribution in [0.25, 0.3) is 0 Å². The summed E-state index contributed by atoms with van der Waals surface area (Å²) in [4.78, 5) is 0. The van der Waals surface area contributed by atoms with Crippen molar-refractivity contribution < 1.29 is 0 Å². The molecule has 1 unspecified atom stereocenters. The molecule has 2 N–H and O–H groups in total. The van der Waals surface area contributed by atoms with Crippen molar-refractivity contribution in [3.05, 3.63) is 48.7 Å². The molecule has 1 aliphatic rings. The molecule has 0 amide bonds. The molecule has 97 valence electrons. The van der Waals surface area contributed by atoms with Gasteiger partial charge < -0.3 is 5.73 Å². The summed E-state index contributed by atoms with van der Waals surface area (Å²) >= 11 is 0. The van der Waals surface area contributed by atoms with E-state index in [0.717, 1.165) is 0 Å². The van der Waals surface area contributed by atoms with E-state index in [-0.39, 0.29) is 0 Å². The number of rotatable bonds is 4. The maximum atomic E-state index is 5.74. The average molecular weight is 242 g/mol. The van der Waals surface area contributed by atoms with E-state index in [1.807, 2.05) is 12.2 Å². The predicted octanol–water partition coefficient (Wildman–Crippen LogP) is 4.39. The van der Waals surface area contributed by atoms with Crippen molar-refractivity contribution in [3.63, 3.8) is 0 Å². The van der Waals surface area contributed by atoms with Gasteiger partial charge in [0.1, 0.15) is 7.28 Å². The van der Waals surface area contributed by atoms with Gasteiger partial charge >= 0.3 is 0 Å². The van der Waals surface area contributed by atoms with Gasteiger partial charge in [0.15, 0.2) is 0 Å². The minimum absolute atomic E-state index is 0.537. The third-order valence-corrected chi connectivity index (χ3v) is 3.54. The van der Waals surface area contributed by atoms with Crippen molar-refractivity contribution in [1.29, 1.82) is 0 Å². The summed E-state index contributed by atoms with van der Waals surface area (Å²) in [6.07, 6.45) is 16.9. The molecule has 1 rings (SSSR count). The zero-order chi connectivity index (χ0) is 13.2. The van der Waals surface area contributed by atoms with Gasteiger partial charge in [-0.2, -0.15) is 0 Å². The van der Waals surface area contributed by atoms with Gasteiger partial charge in [-0.3, -0.25) is 0 Å². The molecule has 1 nitrogen and oxygen atoms in total. The molecular formula is C16H25BN. The van der Waals surface area contributed by atoms with Crippen LogP contribution in [0.3, 0.4) is 0 Å².